The van der Waals surface area contributed by atoms with E-state index in [2.05, 4.69) is 21.4 Å². The number of hydrogen-bond donors (Lipinski definition) is 1. The van der Waals surface area contributed by atoms with E-state index in [-0.39, 0.29) is 0 Å². The van der Waals surface area contributed by atoms with Gasteiger partial charge < -0.3 is 5.32 Å². The number of benzene rings is 1. The number of anilines is 1. The number of halogens is 1. The zero-order chi connectivity index (χ0) is 13.1. The first kappa shape index (κ1) is 12.3. The summed E-state index contributed by atoms with van der Waals surface area (Å²) in [5.41, 5.74) is 3.14. The Bertz CT molecular complexity index is 631. The Hall–Kier alpha value is -2.12. The van der Waals surface area contributed by atoms with Gasteiger partial charge in [0.15, 0.2) is 0 Å². The number of hydrogen-bond acceptors (Lipinski definition) is 4. The summed E-state index contributed by atoms with van der Waals surface area (Å²) in [5, 5.41) is 12.2. The fourth-order valence-electron chi connectivity index (χ4n) is 1.68. The van der Waals surface area contributed by atoms with Crippen LogP contribution in [0.3, 0.4) is 0 Å². The average Bonchev–Trinajstić information content (AvgIpc) is 2.39. The summed E-state index contributed by atoms with van der Waals surface area (Å²) in [5.74, 6) is 0.512. The van der Waals surface area contributed by atoms with Gasteiger partial charge in [0.05, 0.1) is 28.5 Å². The molecule has 90 valence electrons. The Kier molecular flexibility index (Phi) is 3.45. The second-order valence-corrected chi connectivity index (χ2v) is 4.19. The molecule has 0 atom stereocenters. The normalized spacial score (nSPS) is 9.89. The Labute approximate surface area is 110 Å². The molecule has 4 nitrogen and oxygen atoms in total. The molecule has 0 aliphatic heterocycles. The minimum Gasteiger partial charge on any atom is -0.357 e. The second-order valence-electron chi connectivity index (χ2n) is 3.78. The van der Waals surface area contributed by atoms with Gasteiger partial charge in [0.1, 0.15) is 0 Å². The SMILES string of the molecule is CNc1ncc(Cl)c(-c2ccc(C#N)cc2C)n1. The van der Waals surface area contributed by atoms with E-state index in [1.54, 1.807) is 19.3 Å². The minimum absolute atomic E-state index is 0.488. The summed E-state index contributed by atoms with van der Waals surface area (Å²) in [6, 6.07) is 7.52. The largest absolute Gasteiger partial charge is 0.357 e. The standard InChI is InChI=1S/C13H11ClN4/c1-8-5-9(6-15)3-4-10(8)12-11(14)7-17-13(16-2)18-12/h3-5,7H,1-2H3,(H,16,17,18). The van der Waals surface area contributed by atoms with E-state index in [1.807, 2.05) is 19.1 Å². The lowest BCUT2D eigenvalue weighted by atomic mass is 10.0. The number of aromatic nitrogens is 2. The van der Waals surface area contributed by atoms with E-state index >= 15 is 0 Å². The number of nitrogens with one attached hydrogen (secondary N) is 1. The van der Waals surface area contributed by atoms with Crippen molar-refractivity contribution in [1.82, 2.24) is 9.97 Å². The third kappa shape index (κ3) is 2.27. The molecule has 1 heterocycles. The molecule has 1 aromatic heterocycles. The highest BCUT2D eigenvalue weighted by atomic mass is 35.5. The van der Waals surface area contributed by atoms with Gasteiger partial charge >= 0.3 is 0 Å². The molecule has 0 bridgehead atoms. The summed E-state index contributed by atoms with van der Waals surface area (Å²) in [6.07, 6.45) is 1.56. The lowest BCUT2D eigenvalue weighted by Crippen LogP contribution is -1.98. The van der Waals surface area contributed by atoms with E-state index in [9.17, 15) is 0 Å². The van der Waals surface area contributed by atoms with Gasteiger partial charge in [0, 0.05) is 12.6 Å². The number of nitrogens with zero attached hydrogens (tertiary/aromatic N) is 3. The van der Waals surface area contributed by atoms with Crippen molar-refractivity contribution in [2.75, 3.05) is 12.4 Å². The van der Waals surface area contributed by atoms with Crippen LogP contribution in [0.4, 0.5) is 5.95 Å². The zero-order valence-corrected chi connectivity index (χ0v) is 10.8. The molecule has 18 heavy (non-hydrogen) atoms. The average molecular weight is 259 g/mol. The lowest BCUT2D eigenvalue weighted by Gasteiger charge is -2.08. The fourth-order valence-corrected chi connectivity index (χ4v) is 1.87. The molecule has 2 aromatic rings. The monoisotopic (exact) mass is 258 g/mol. The quantitative estimate of drug-likeness (QED) is 0.899. The molecule has 0 unspecified atom stereocenters. The predicted octanol–water partition coefficient (Wildman–Crippen LogP) is 3.02. The molecule has 2 rings (SSSR count). The summed E-state index contributed by atoms with van der Waals surface area (Å²) in [7, 11) is 1.75. The predicted molar refractivity (Wildman–Crippen MR) is 71.5 cm³/mol. The fraction of sp³-hybridized carbons (Fsp3) is 0.154. The van der Waals surface area contributed by atoms with Crippen LogP contribution in [0.15, 0.2) is 24.4 Å². The van der Waals surface area contributed by atoms with Crippen LogP contribution < -0.4 is 5.32 Å². The molecule has 5 heteroatoms. The molecule has 0 aliphatic rings. The molecule has 0 saturated heterocycles. The number of nitriles is 1. The van der Waals surface area contributed by atoms with E-state index in [0.717, 1.165) is 11.1 Å². The maximum Gasteiger partial charge on any atom is 0.223 e. The Balaban J connectivity index is 2.58. The summed E-state index contributed by atoms with van der Waals surface area (Å²) < 4.78 is 0. The van der Waals surface area contributed by atoms with Crippen LogP contribution in [0.1, 0.15) is 11.1 Å². The van der Waals surface area contributed by atoms with Crippen molar-refractivity contribution in [2.24, 2.45) is 0 Å². The maximum atomic E-state index is 8.85. The molecule has 0 aliphatic carbocycles. The van der Waals surface area contributed by atoms with Crippen molar-refractivity contribution in [3.63, 3.8) is 0 Å². The third-order valence-corrected chi connectivity index (χ3v) is 2.85. The molecule has 0 amide bonds. The zero-order valence-electron chi connectivity index (χ0n) is 10.0. The van der Waals surface area contributed by atoms with Crippen LogP contribution in [0.25, 0.3) is 11.3 Å². The van der Waals surface area contributed by atoms with Crippen LogP contribution in [-0.4, -0.2) is 17.0 Å². The van der Waals surface area contributed by atoms with Gasteiger partial charge in [-0.1, -0.05) is 17.7 Å². The molecular weight excluding hydrogens is 248 g/mol. The first-order valence-electron chi connectivity index (χ1n) is 5.37. The van der Waals surface area contributed by atoms with Gasteiger partial charge in [-0.05, 0) is 24.6 Å². The van der Waals surface area contributed by atoms with Crippen molar-refractivity contribution in [3.05, 3.63) is 40.5 Å². The summed E-state index contributed by atoms with van der Waals surface area (Å²) in [4.78, 5) is 8.38. The van der Waals surface area contributed by atoms with E-state index < -0.39 is 0 Å². The minimum atomic E-state index is 0.488. The van der Waals surface area contributed by atoms with Crippen molar-refractivity contribution >= 4 is 17.5 Å². The Morgan fingerprint density at radius 2 is 2.17 bits per heavy atom. The molecule has 0 saturated carbocycles. The van der Waals surface area contributed by atoms with Crippen LogP contribution in [-0.2, 0) is 0 Å². The van der Waals surface area contributed by atoms with E-state index in [0.29, 0.717) is 22.2 Å². The highest BCUT2D eigenvalue weighted by molar-refractivity contribution is 6.33. The third-order valence-electron chi connectivity index (χ3n) is 2.58. The van der Waals surface area contributed by atoms with Crippen LogP contribution >= 0.6 is 11.6 Å². The van der Waals surface area contributed by atoms with Gasteiger partial charge in [0.25, 0.3) is 0 Å². The molecule has 0 spiro atoms. The molecule has 1 N–H and O–H groups in total. The number of aryl methyl sites for hydroxylation is 1. The molecule has 0 radical (unpaired) electrons. The van der Waals surface area contributed by atoms with Gasteiger partial charge in [-0.15, -0.1) is 0 Å². The second kappa shape index (κ2) is 5.03. The van der Waals surface area contributed by atoms with Crippen LogP contribution in [0.2, 0.25) is 5.02 Å². The van der Waals surface area contributed by atoms with Gasteiger partial charge in [-0.2, -0.15) is 5.26 Å². The lowest BCUT2D eigenvalue weighted by molar-refractivity contribution is 1.15. The van der Waals surface area contributed by atoms with E-state index in [1.165, 1.54) is 0 Å². The first-order valence-corrected chi connectivity index (χ1v) is 5.75. The molecular formula is C13H11ClN4. The summed E-state index contributed by atoms with van der Waals surface area (Å²) >= 11 is 6.12. The van der Waals surface area contributed by atoms with Crippen molar-refractivity contribution in [2.45, 2.75) is 6.92 Å². The van der Waals surface area contributed by atoms with Crippen LogP contribution in [0, 0.1) is 18.3 Å². The van der Waals surface area contributed by atoms with Crippen molar-refractivity contribution in [1.29, 1.82) is 5.26 Å². The Morgan fingerprint density at radius 1 is 1.39 bits per heavy atom. The maximum absolute atomic E-state index is 8.85. The van der Waals surface area contributed by atoms with Crippen LogP contribution in [0.5, 0.6) is 0 Å². The highest BCUT2D eigenvalue weighted by Crippen LogP contribution is 2.29. The van der Waals surface area contributed by atoms with Crippen molar-refractivity contribution in [3.8, 4) is 17.3 Å². The van der Waals surface area contributed by atoms with Gasteiger partial charge in [-0.25, -0.2) is 9.97 Å². The molecule has 1 aromatic carbocycles. The number of rotatable bonds is 2. The van der Waals surface area contributed by atoms with E-state index in [4.69, 9.17) is 16.9 Å². The van der Waals surface area contributed by atoms with Crippen molar-refractivity contribution < 1.29 is 0 Å². The molecule has 0 fully saturated rings. The first-order chi connectivity index (χ1) is 8.65. The topological polar surface area (TPSA) is 61.6 Å². The smallest absolute Gasteiger partial charge is 0.223 e. The Morgan fingerprint density at radius 3 is 2.78 bits per heavy atom. The van der Waals surface area contributed by atoms with Gasteiger partial charge in [0.2, 0.25) is 5.95 Å². The highest BCUT2D eigenvalue weighted by Gasteiger charge is 2.10. The summed E-state index contributed by atoms with van der Waals surface area (Å²) in [6.45, 7) is 1.92. The van der Waals surface area contributed by atoms with Gasteiger partial charge in [-0.3, -0.25) is 0 Å².